The number of nitrogens with one attached hydrogen (secondary N) is 2. The second-order valence-electron chi connectivity index (χ2n) is 6.65. The molecule has 2 aliphatic rings. The number of carbonyl (C=O) groups is 2. The van der Waals surface area contributed by atoms with Crippen LogP contribution in [0.5, 0.6) is 0 Å². The molecule has 1 fully saturated rings. The van der Waals surface area contributed by atoms with Gasteiger partial charge in [0.05, 0.1) is 16.3 Å². The molecule has 2 heterocycles. The molecule has 8 nitrogen and oxygen atoms in total. The van der Waals surface area contributed by atoms with Gasteiger partial charge in [0, 0.05) is 18.2 Å². The van der Waals surface area contributed by atoms with Crippen molar-refractivity contribution in [2.45, 2.75) is 23.4 Å². The lowest BCUT2D eigenvalue weighted by Crippen LogP contribution is -2.44. The Balaban J connectivity index is 1.49. The van der Waals surface area contributed by atoms with E-state index in [2.05, 4.69) is 10.6 Å². The first-order valence-corrected chi connectivity index (χ1v) is 9.98. The van der Waals surface area contributed by atoms with E-state index in [9.17, 15) is 18.0 Å². The van der Waals surface area contributed by atoms with Gasteiger partial charge in [-0.3, -0.25) is 9.59 Å². The lowest BCUT2D eigenvalue weighted by atomic mass is 10.1. The van der Waals surface area contributed by atoms with Crippen LogP contribution in [-0.2, 0) is 14.8 Å². The maximum atomic E-state index is 12.5. The number of sulfonamides is 1. The lowest BCUT2D eigenvalue weighted by molar-refractivity contribution is -0.117. The Bertz CT molecular complexity index is 1020. The number of rotatable bonds is 3. The predicted octanol–water partition coefficient (Wildman–Crippen LogP) is 0.663. The van der Waals surface area contributed by atoms with E-state index in [0.29, 0.717) is 18.5 Å². The van der Waals surface area contributed by atoms with E-state index >= 15 is 0 Å². The van der Waals surface area contributed by atoms with Crippen LogP contribution in [0.15, 0.2) is 53.4 Å². The van der Waals surface area contributed by atoms with Crippen molar-refractivity contribution in [1.82, 2.24) is 5.32 Å². The molecule has 0 radical (unpaired) electrons. The summed E-state index contributed by atoms with van der Waals surface area (Å²) in [6.45, 7) is 0.524. The molecule has 2 atom stereocenters. The maximum Gasteiger partial charge on any atom is 0.251 e. The van der Waals surface area contributed by atoms with E-state index in [1.807, 2.05) is 29.2 Å². The highest BCUT2D eigenvalue weighted by atomic mass is 32.2. The minimum Gasteiger partial charge on any atom is -0.356 e. The molecule has 1 saturated heterocycles. The van der Waals surface area contributed by atoms with Crippen LogP contribution in [-0.4, -0.2) is 38.9 Å². The van der Waals surface area contributed by atoms with Gasteiger partial charge in [-0.05, 0) is 42.8 Å². The summed E-state index contributed by atoms with van der Waals surface area (Å²) in [5, 5.41) is 10.9. The number of anilines is 2. The van der Waals surface area contributed by atoms with Crippen LogP contribution in [0.25, 0.3) is 0 Å². The average molecular weight is 386 g/mol. The standard InChI is InChI=1S/C18H18N4O4S/c19-27(25,26)13-7-5-11(6-8-13)17(23)20-12-9-16-18(24)21-14-3-1-2-4-15(14)22(16)10-12/h1-8,12,16H,9-10H2,(H,20,23)(H,21,24)(H2,19,25,26). The third-order valence-corrected chi connectivity index (χ3v) is 5.78. The highest BCUT2D eigenvalue weighted by Crippen LogP contribution is 2.36. The lowest BCUT2D eigenvalue weighted by Gasteiger charge is -2.32. The molecule has 140 valence electrons. The maximum absolute atomic E-state index is 12.5. The van der Waals surface area contributed by atoms with Gasteiger partial charge < -0.3 is 15.5 Å². The van der Waals surface area contributed by atoms with Crippen molar-refractivity contribution < 1.29 is 18.0 Å². The molecule has 27 heavy (non-hydrogen) atoms. The van der Waals surface area contributed by atoms with Gasteiger partial charge in [-0.15, -0.1) is 0 Å². The number of nitrogens with two attached hydrogens (primary N) is 1. The van der Waals surface area contributed by atoms with Crippen LogP contribution in [0.4, 0.5) is 11.4 Å². The van der Waals surface area contributed by atoms with Crippen molar-refractivity contribution in [3.63, 3.8) is 0 Å². The Morgan fingerprint density at radius 1 is 1.15 bits per heavy atom. The molecule has 4 N–H and O–H groups in total. The molecule has 2 amide bonds. The van der Waals surface area contributed by atoms with Crippen molar-refractivity contribution >= 4 is 33.2 Å². The van der Waals surface area contributed by atoms with Crippen LogP contribution < -0.4 is 20.7 Å². The molecule has 0 spiro atoms. The van der Waals surface area contributed by atoms with Gasteiger partial charge in [-0.2, -0.15) is 0 Å². The summed E-state index contributed by atoms with van der Waals surface area (Å²) in [6, 6.07) is 12.5. The Labute approximate surface area is 156 Å². The number of hydrogen-bond donors (Lipinski definition) is 3. The van der Waals surface area contributed by atoms with Crippen molar-refractivity contribution in [3.8, 4) is 0 Å². The summed E-state index contributed by atoms with van der Waals surface area (Å²) in [4.78, 5) is 26.8. The molecule has 0 aliphatic carbocycles. The summed E-state index contributed by atoms with van der Waals surface area (Å²) in [5.74, 6) is -0.405. The van der Waals surface area contributed by atoms with E-state index < -0.39 is 10.0 Å². The van der Waals surface area contributed by atoms with Crippen LogP contribution in [0.3, 0.4) is 0 Å². The topological polar surface area (TPSA) is 122 Å². The Morgan fingerprint density at radius 3 is 2.56 bits per heavy atom. The molecule has 2 aromatic rings. The number of amides is 2. The Kier molecular flexibility index (Phi) is 4.12. The minimum atomic E-state index is -3.80. The van der Waals surface area contributed by atoms with E-state index in [-0.39, 0.29) is 28.8 Å². The second-order valence-corrected chi connectivity index (χ2v) is 8.21. The number of hydrogen-bond acceptors (Lipinski definition) is 5. The Morgan fingerprint density at radius 2 is 1.85 bits per heavy atom. The molecule has 9 heteroatoms. The molecule has 2 aromatic carbocycles. The molecule has 4 rings (SSSR count). The van der Waals surface area contributed by atoms with Crippen LogP contribution >= 0.6 is 0 Å². The average Bonchev–Trinajstić information content (AvgIpc) is 3.06. The van der Waals surface area contributed by atoms with Gasteiger partial charge in [0.25, 0.3) is 5.91 Å². The predicted molar refractivity (Wildman–Crippen MR) is 99.9 cm³/mol. The number of nitrogens with zero attached hydrogens (tertiary/aromatic N) is 1. The molecular formula is C18H18N4O4S. The van der Waals surface area contributed by atoms with E-state index in [1.165, 1.54) is 24.3 Å². The first-order chi connectivity index (χ1) is 12.8. The van der Waals surface area contributed by atoms with Crippen LogP contribution in [0, 0.1) is 0 Å². The van der Waals surface area contributed by atoms with E-state index in [0.717, 1.165) is 11.4 Å². The fourth-order valence-electron chi connectivity index (χ4n) is 3.57. The number of primary sulfonamides is 1. The van der Waals surface area contributed by atoms with Crippen molar-refractivity contribution in [2.24, 2.45) is 5.14 Å². The molecule has 2 unspecified atom stereocenters. The SMILES string of the molecule is NS(=O)(=O)c1ccc(C(=O)NC2CC3C(=O)Nc4ccccc4N3C2)cc1. The zero-order valence-electron chi connectivity index (χ0n) is 14.3. The number of para-hydroxylation sites is 2. The fraction of sp³-hybridized carbons (Fsp3) is 0.222. The van der Waals surface area contributed by atoms with Gasteiger partial charge in [0.2, 0.25) is 15.9 Å². The zero-order valence-corrected chi connectivity index (χ0v) is 15.1. The van der Waals surface area contributed by atoms with Gasteiger partial charge in [0.1, 0.15) is 6.04 Å². The quantitative estimate of drug-likeness (QED) is 0.716. The Hall–Kier alpha value is -2.91. The number of carbonyl (C=O) groups excluding carboxylic acids is 2. The van der Waals surface area contributed by atoms with Crippen LogP contribution in [0.1, 0.15) is 16.8 Å². The van der Waals surface area contributed by atoms with Gasteiger partial charge in [-0.1, -0.05) is 12.1 Å². The van der Waals surface area contributed by atoms with E-state index in [1.54, 1.807) is 0 Å². The zero-order chi connectivity index (χ0) is 19.2. The molecule has 0 saturated carbocycles. The summed E-state index contributed by atoms with van der Waals surface area (Å²) < 4.78 is 22.6. The highest BCUT2D eigenvalue weighted by Gasteiger charge is 2.41. The number of fused-ring (bicyclic) bond motifs is 3. The summed E-state index contributed by atoms with van der Waals surface area (Å²) in [5.41, 5.74) is 2.04. The van der Waals surface area contributed by atoms with Crippen molar-refractivity contribution in [3.05, 3.63) is 54.1 Å². The molecule has 2 aliphatic heterocycles. The minimum absolute atomic E-state index is 0.0506. The normalized spacial score (nSPS) is 21.2. The van der Waals surface area contributed by atoms with Crippen molar-refractivity contribution in [2.75, 3.05) is 16.8 Å². The third kappa shape index (κ3) is 3.26. The summed E-state index contributed by atoms with van der Waals surface area (Å²) in [6.07, 6.45) is 0.501. The summed E-state index contributed by atoms with van der Waals surface area (Å²) >= 11 is 0. The molecular weight excluding hydrogens is 368 g/mol. The first kappa shape index (κ1) is 17.5. The third-order valence-electron chi connectivity index (χ3n) is 4.86. The second kappa shape index (κ2) is 6.36. The largest absolute Gasteiger partial charge is 0.356 e. The van der Waals surface area contributed by atoms with Gasteiger partial charge >= 0.3 is 0 Å². The number of benzene rings is 2. The monoisotopic (exact) mass is 386 g/mol. The molecule has 0 aromatic heterocycles. The smallest absolute Gasteiger partial charge is 0.251 e. The van der Waals surface area contributed by atoms with E-state index in [4.69, 9.17) is 5.14 Å². The van der Waals surface area contributed by atoms with Crippen molar-refractivity contribution in [1.29, 1.82) is 0 Å². The van der Waals surface area contributed by atoms with Gasteiger partial charge in [0.15, 0.2) is 0 Å². The fourth-order valence-corrected chi connectivity index (χ4v) is 4.08. The van der Waals surface area contributed by atoms with Crippen LogP contribution in [0.2, 0.25) is 0 Å². The molecule has 0 bridgehead atoms. The van der Waals surface area contributed by atoms with Gasteiger partial charge in [-0.25, -0.2) is 13.6 Å². The highest BCUT2D eigenvalue weighted by molar-refractivity contribution is 7.89. The summed E-state index contributed by atoms with van der Waals surface area (Å²) in [7, 11) is -3.80. The first-order valence-electron chi connectivity index (χ1n) is 8.43.